The van der Waals surface area contributed by atoms with Crippen LogP contribution < -0.4 is 4.74 Å². The minimum atomic E-state index is -1.69. The minimum Gasteiger partial charge on any atom is -0.446 e. The monoisotopic (exact) mass is 224 g/mol. The van der Waals surface area contributed by atoms with Crippen LogP contribution in [0.2, 0.25) is 0 Å². The zero-order valence-electron chi connectivity index (χ0n) is 6.35. The third kappa shape index (κ3) is 3.53. The average Bonchev–Trinajstić information content (AvgIpc) is 1.82. The molecule has 0 bridgehead atoms. The molecule has 0 radical (unpaired) electrons. The van der Waals surface area contributed by atoms with E-state index < -0.39 is 3.98 Å². The Morgan fingerprint density at radius 3 is 2.42 bits per heavy atom. The number of alkyl halides is 3. The van der Waals surface area contributed by atoms with Crippen LogP contribution in [0.4, 0.5) is 0 Å². The van der Waals surface area contributed by atoms with Crippen LogP contribution in [0.15, 0.2) is 24.3 Å². The van der Waals surface area contributed by atoms with Crippen LogP contribution in [0.5, 0.6) is 5.75 Å². The van der Waals surface area contributed by atoms with E-state index in [-0.39, 0.29) is 0 Å². The van der Waals surface area contributed by atoms with Crippen LogP contribution >= 0.6 is 34.8 Å². The third-order valence-corrected chi connectivity index (χ3v) is 1.45. The fourth-order valence-corrected chi connectivity index (χ4v) is 1.08. The van der Waals surface area contributed by atoms with E-state index in [1.54, 1.807) is 12.1 Å². The number of halogens is 3. The second-order valence-corrected chi connectivity index (χ2v) is 4.54. The normalized spacial score (nSPS) is 11.3. The summed E-state index contributed by atoms with van der Waals surface area (Å²) in [7, 11) is 0. The molecule has 1 nitrogen and oxygen atoms in total. The summed E-state index contributed by atoms with van der Waals surface area (Å²) < 4.78 is 3.29. The Labute approximate surface area is 86.2 Å². The van der Waals surface area contributed by atoms with Gasteiger partial charge in [-0.1, -0.05) is 12.1 Å². The molecule has 0 aliphatic heterocycles. The second kappa shape index (κ2) is 3.73. The van der Waals surface area contributed by atoms with Gasteiger partial charge in [-0.3, -0.25) is 0 Å². The summed E-state index contributed by atoms with van der Waals surface area (Å²) >= 11 is 16.3. The maximum Gasteiger partial charge on any atom is 0.338 e. The van der Waals surface area contributed by atoms with E-state index in [2.05, 4.69) is 0 Å². The Morgan fingerprint density at radius 2 is 1.92 bits per heavy atom. The van der Waals surface area contributed by atoms with Gasteiger partial charge in [0.15, 0.2) is 0 Å². The maximum atomic E-state index is 5.43. The standard InChI is InChI=1S/C8H7Cl3O/c1-6-3-2-4-7(5-6)12-8(9,10)11/h2-5H,1H3. The third-order valence-electron chi connectivity index (χ3n) is 1.22. The topological polar surface area (TPSA) is 9.23 Å². The van der Waals surface area contributed by atoms with E-state index in [1.807, 2.05) is 19.1 Å². The highest BCUT2D eigenvalue weighted by atomic mass is 35.6. The molecule has 1 rings (SSSR count). The smallest absolute Gasteiger partial charge is 0.338 e. The highest BCUT2D eigenvalue weighted by Gasteiger charge is 2.21. The minimum absolute atomic E-state index is 0.551. The number of hydrogen-bond acceptors (Lipinski definition) is 1. The zero-order chi connectivity index (χ0) is 9.19. The number of hydrogen-bond donors (Lipinski definition) is 0. The lowest BCUT2D eigenvalue weighted by molar-refractivity contribution is 0.320. The van der Waals surface area contributed by atoms with Crippen molar-refractivity contribution in [3.8, 4) is 5.75 Å². The van der Waals surface area contributed by atoms with Crippen LogP contribution in [0.3, 0.4) is 0 Å². The lowest BCUT2D eigenvalue weighted by Crippen LogP contribution is -2.12. The van der Waals surface area contributed by atoms with Gasteiger partial charge in [0.25, 0.3) is 0 Å². The summed E-state index contributed by atoms with van der Waals surface area (Å²) in [5.41, 5.74) is 1.06. The van der Waals surface area contributed by atoms with Crippen molar-refractivity contribution < 1.29 is 4.74 Å². The summed E-state index contributed by atoms with van der Waals surface area (Å²) in [5, 5.41) is 0. The summed E-state index contributed by atoms with van der Waals surface area (Å²) in [4.78, 5) is 0. The van der Waals surface area contributed by atoms with E-state index in [1.165, 1.54) is 0 Å². The fourth-order valence-electron chi connectivity index (χ4n) is 0.812. The van der Waals surface area contributed by atoms with Crippen LogP contribution in [0, 0.1) is 6.92 Å². The van der Waals surface area contributed by atoms with Gasteiger partial charge in [-0.05, 0) is 59.4 Å². The Balaban J connectivity index is 2.77. The summed E-state index contributed by atoms with van der Waals surface area (Å²) in [6.45, 7) is 1.94. The highest BCUT2D eigenvalue weighted by Crippen LogP contribution is 2.30. The maximum absolute atomic E-state index is 5.43. The molecule has 0 fully saturated rings. The van der Waals surface area contributed by atoms with Crippen molar-refractivity contribution in [2.24, 2.45) is 0 Å². The van der Waals surface area contributed by atoms with Crippen LogP contribution in [0.25, 0.3) is 0 Å². The Morgan fingerprint density at radius 1 is 1.25 bits per heavy atom. The van der Waals surface area contributed by atoms with E-state index >= 15 is 0 Å². The molecule has 4 heteroatoms. The predicted octanol–water partition coefficient (Wildman–Crippen LogP) is 3.70. The van der Waals surface area contributed by atoms with Crippen molar-refractivity contribution in [2.75, 3.05) is 0 Å². The first-order valence-corrected chi connectivity index (χ1v) is 4.43. The molecule has 12 heavy (non-hydrogen) atoms. The molecule has 0 N–H and O–H groups in total. The number of aryl methyl sites for hydroxylation is 1. The molecular formula is C8H7Cl3O. The Bertz CT molecular complexity index is 267. The number of benzene rings is 1. The van der Waals surface area contributed by atoms with E-state index in [9.17, 15) is 0 Å². The van der Waals surface area contributed by atoms with Gasteiger partial charge < -0.3 is 4.74 Å². The van der Waals surface area contributed by atoms with Gasteiger partial charge in [0.1, 0.15) is 5.75 Å². The first-order chi connectivity index (χ1) is 5.47. The molecule has 1 aromatic carbocycles. The lowest BCUT2D eigenvalue weighted by atomic mass is 10.2. The van der Waals surface area contributed by atoms with Crippen molar-refractivity contribution in [2.45, 2.75) is 10.9 Å². The fraction of sp³-hybridized carbons (Fsp3) is 0.250. The first kappa shape index (κ1) is 9.97. The second-order valence-electron chi connectivity index (χ2n) is 2.36. The molecule has 0 aliphatic rings. The van der Waals surface area contributed by atoms with E-state index in [0.717, 1.165) is 5.56 Å². The average molecular weight is 226 g/mol. The molecule has 66 valence electrons. The van der Waals surface area contributed by atoms with Gasteiger partial charge in [0.2, 0.25) is 0 Å². The van der Waals surface area contributed by atoms with Crippen molar-refractivity contribution in [3.63, 3.8) is 0 Å². The molecule has 0 unspecified atom stereocenters. The van der Waals surface area contributed by atoms with Gasteiger partial charge in [-0.2, -0.15) is 0 Å². The van der Waals surface area contributed by atoms with Gasteiger partial charge in [-0.15, -0.1) is 0 Å². The first-order valence-electron chi connectivity index (χ1n) is 3.30. The summed E-state index contributed by atoms with van der Waals surface area (Å²) in [6, 6.07) is 7.29. The van der Waals surface area contributed by atoms with E-state index in [4.69, 9.17) is 39.5 Å². The Hall–Kier alpha value is -0.110. The molecule has 0 saturated heterocycles. The molecule has 0 aromatic heterocycles. The van der Waals surface area contributed by atoms with Gasteiger partial charge in [0.05, 0.1) is 0 Å². The molecule has 0 saturated carbocycles. The molecule has 0 atom stereocenters. The van der Waals surface area contributed by atoms with Gasteiger partial charge >= 0.3 is 3.98 Å². The molecule has 0 spiro atoms. The van der Waals surface area contributed by atoms with Crippen LogP contribution in [0.1, 0.15) is 5.56 Å². The van der Waals surface area contributed by atoms with Crippen molar-refractivity contribution in [3.05, 3.63) is 29.8 Å². The molecule has 0 amide bonds. The SMILES string of the molecule is Cc1cccc(OC(Cl)(Cl)Cl)c1. The van der Waals surface area contributed by atoms with Crippen molar-refractivity contribution in [1.82, 2.24) is 0 Å². The number of ether oxygens (including phenoxy) is 1. The van der Waals surface area contributed by atoms with Gasteiger partial charge in [0, 0.05) is 0 Å². The van der Waals surface area contributed by atoms with Crippen LogP contribution in [-0.4, -0.2) is 3.98 Å². The van der Waals surface area contributed by atoms with Gasteiger partial charge in [-0.25, -0.2) is 0 Å². The quantitative estimate of drug-likeness (QED) is 0.662. The van der Waals surface area contributed by atoms with E-state index in [0.29, 0.717) is 5.75 Å². The molecule has 1 aromatic rings. The number of rotatable bonds is 1. The lowest BCUT2D eigenvalue weighted by Gasteiger charge is -2.13. The highest BCUT2D eigenvalue weighted by molar-refractivity contribution is 6.66. The van der Waals surface area contributed by atoms with Crippen molar-refractivity contribution >= 4 is 34.8 Å². The summed E-state index contributed by atoms with van der Waals surface area (Å²) in [5.74, 6) is 0.551. The summed E-state index contributed by atoms with van der Waals surface area (Å²) in [6.07, 6.45) is 0. The predicted molar refractivity (Wildman–Crippen MR) is 52.1 cm³/mol. The largest absolute Gasteiger partial charge is 0.446 e. The molecule has 0 aliphatic carbocycles. The Kier molecular flexibility index (Phi) is 3.10. The van der Waals surface area contributed by atoms with Crippen molar-refractivity contribution in [1.29, 1.82) is 0 Å². The zero-order valence-corrected chi connectivity index (χ0v) is 8.62. The molecular weight excluding hydrogens is 218 g/mol. The van der Waals surface area contributed by atoms with Crippen LogP contribution in [-0.2, 0) is 0 Å². The molecule has 0 heterocycles.